The van der Waals surface area contributed by atoms with Gasteiger partial charge >= 0.3 is 0 Å². The molecule has 0 aliphatic carbocycles. The second-order valence-electron chi connectivity index (χ2n) is 3.37. The minimum Gasteiger partial charge on any atom is -0.455 e. The summed E-state index contributed by atoms with van der Waals surface area (Å²) in [6.45, 7) is 0. The smallest absolute Gasteiger partial charge is 0.288 e. The number of halogens is 1. The van der Waals surface area contributed by atoms with Crippen LogP contribution >= 0.6 is 11.6 Å². The van der Waals surface area contributed by atoms with E-state index in [1.54, 1.807) is 18.2 Å². The average Bonchev–Trinajstić information content (AvgIpc) is 2.78. The lowest BCUT2D eigenvalue weighted by atomic mass is 10.1. The number of nitrogens with zero attached hydrogens (tertiary/aromatic N) is 2. The van der Waals surface area contributed by atoms with E-state index >= 15 is 0 Å². The molecule has 92 valence electrons. The van der Waals surface area contributed by atoms with Gasteiger partial charge in [0.1, 0.15) is 22.8 Å². The number of nitro groups is 1. The third kappa shape index (κ3) is 2.33. The Hall–Kier alpha value is -2.34. The zero-order valence-corrected chi connectivity index (χ0v) is 9.66. The summed E-state index contributed by atoms with van der Waals surface area (Å²) in [5.74, 6) is 0.759. The van der Waals surface area contributed by atoms with E-state index in [4.69, 9.17) is 21.2 Å². The number of oxime groups is 1. The highest BCUT2D eigenvalue weighted by molar-refractivity contribution is 6.32. The number of hydrogen-bond donors (Lipinski definition) is 1. The fourth-order valence-electron chi connectivity index (χ4n) is 1.44. The largest absolute Gasteiger partial charge is 0.455 e. The fraction of sp³-hybridized carbons (Fsp3) is 0. The second kappa shape index (κ2) is 4.89. The molecule has 7 heteroatoms. The van der Waals surface area contributed by atoms with Crippen LogP contribution in [0.15, 0.2) is 39.9 Å². The maximum Gasteiger partial charge on any atom is 0.288 e. The van der Waals surface area contributed by atoms with Crippen LogP contribution in [0.25, 0.3) is 11.3 Å². The number of benzene rings is 1. The number of rotatable bonds is 3. The summed E-state index contributed by atoms with van der Waals surface area (Å²) < 4.78 is 5.31. The van der Waals surface area contributed by atoms with E-state index in [0.29, 0.717) is 17.1 Å². The highest BCUT2D eigenvalue weighted by atomic mass is 35.5. The zero-order valence-electron chi connectivity index (χ0n) is 8.91. The molecule has 2 rings (SSSR count). The zero-order chi connectivity index (χ0) is 13.1. The van der Waals surface area contributed by atoms with Crippen LogP contribution in [0.3, 0.4) is 0 Å². The molecule has 0 saturated carbocycles. The van der Waals surface area contributed by atoms with Crippen molar-refractivity contribution >= 4 is 23.5 Å². The van der Waals surface area contributed by atoms with Crippen molar-refractivity contribution in [2.75, 3.05) is 0 Å². The van der Waals surface area contributed by atoms with Gasteiger partial charge in [0, 0.05) is 11.6 Å². The third-order valence-corrected chi connectivity index (χ3v) is 2.56. The summed E-state index contributed by atoms with van der Waals surface area (Å²) in [5.41, 5.74) is 0.326. The third-order valence-electron chi connectivity index (χ3n) is 2.24. The van der Waals surface area contributed by atoms with E-state index in [9.17, 15) is 10.1 Å². The van der Waals surface area contributed by atoms with E-state index in [-0.39, 0.29) is 10.7 Å². The number of furan rings is 1. The number of hydrogen-bond acceptors (Lipinski definition) is 5. The van der Waals surface area contributed by atoms with Crippen LogP contribution in [0.2, 0.25) is 5.02 Å². The van der Waals surface area contributed by atoms with Crippen LogP contribution in [0.4, 0.5) is 5.69 Å². The van der Waals surface area contributed by atoms with Crippen molar-refractivity contribution in [3.05, 3.63) is 51.2 Å². The molecule has 1 heterocycles. The fourth-order valence-corrected chi connectivity index (χ4v) is 1.63. The molecule has 1 N–H and O–H groups in total. The van der Waals surface area contributed by atoms with E-state index in [1.165, 1.54) is 12.1 Å². The molecule has 1 aromatic carbocycles. The van der Waals surface area contributed by atoms with E-state index in [0.717, 1.165) is 6.21 Å². The van der Waals surface area contributed by atoms with Crippen LogP contribution in [-0.4, -0.2) is 16.3 Å². The van der Waals surface area contributed by atoms with Crippen LogP contribution in [0.1, 0.15) is 5.76 Å². The van der Waals surface area contributed by atoms with Gasteiger partial charge in [-0.15, -0.1) is 0 Å². The van der Waals surface area contributed by atoms with Crippen LogP contribution in [0, 0.1) is 10.1 Å². The Morgan fingerprint density at radius 3 is 2.83 bits per heavy atom. The van der Waals surface area contributed by atoms with Gasteiger partial charge in [-0.3, -0.25) is 10.1 Å². The molecule has 0 amide bonds. The minimum atomic E-state index is -0.565. The Morgan fingerprint density at radius 1 is 1.39 bits per heavy atom. The molecule has 0 bridgehead atoms. The van der Waals surface area contributed by atoms with Crippen molar-refractivity contribution in [3.63, 3.8) is 0 Å². The Bertz CT molecular complexity index is 621. The molecular weight excluding hydrogens is 260 g/mol. The topological polar surface area (TPSA) is 88.9 Å². The van der Waals surface area contributed by atoms with E-state index in [2.05, 4.69) is 5.16 Å². The van der Waals surface area contributed by atoms with E-state index < -0.39 is 4.92 Å². The van der Waals surface area contributed by atoms with Gasteiger partial charge in [0.15, 0.2) is 0 Å². The minimum absolute atomic E-state index is 0.0625. The molecule has 0 spiro atoms. The molecular formula is C11H7ClN2O4. The predicted octanol–water partition coefficient (Wildman–Crippen LogP) is 3.32. The van der Waals surface area contributed by atoms with Crippen LogP contribution in [0.5, 0.6) is 0 Å². The lowest BCUT2D eigenvalue weighted by Gasteiger charge is -1.99. The standard InChI is InChI=1S/C11H7ClN2O4/c12-9-3-1-7(5-10(9)14(16)17)11-4-2-8(18-11)6-13-15/h1-6,15H/b13-6-. The monoisotopic (exact) mass is 266 g/mol. The quantitative estimate of drug-likeness (QED) is 0.399. The molecule has 0 fully saturated rings. The summed E-state index contributed by atoms with van der Waals surface area (Å²) in [4.78, 5) is 10.2. The van der Waals surface area contributed by atoms with Crippen molar-refractivity contribution in [2.24, 2.45) is 5.16 Å². The first kappa shape index (κ1) is 12.1. The molecule has 2 aromatic rings. The van der Waals surface area contributed by atoms with Gasteiger partial charge in [0.05, 0.1) is 4.92 Å². The Kier molecular flexibility index (Phi) is 3.29. The molecule has 0 atom stereocenters. The van der Waals surface area contributed by atoms with Crippen molar-refractivity contribution in [1.82, 2.24) is 0 Å². The van der Waals surface area contributed by atoms with Crippen molar-refractivity contribution in [3.8, 4) is 11.3 Å². The van der Waals surface area contributed by atoms with Crippen molar-refractivity contribution < 1.29 is 14.5 Å². The normalized spacial score (nSPS) is 10.9. The molecule has 1 aromatic heterocycles. The van der Waals surface area contributed by atoms with Crippen LogP contribution < -0.4 is 0 Å². The molecule has 0 radical (unpaired) electrons. The van der Waals surface area contributed by atoms with Gasteiger partial charge in [-0.1, -0.05) is 16.8 Å². The summed E-state index contributed by atoms with van der Waals surface area (Å²) in [5, 5.41) is 22.0. The first-order valence-corrected chi connectivity index (χ1v) is 5.21. The Morgan fingerprint density at radius 2 is 2.17 bits per heavy atom. The first-order chi connectivity index (χ1) is 8.61. The molecule has 0 unspecified atom stereocenters. The van der Waals surface area contributed by atoms with Crippen LogP contribution in [-0.2, 0) is 0 Å². The highest BCUT2D eigenvalue weighted by Crippen LogP contribution is 2.30. The summed E-state index contributed by atoms with van der Waals surface area (Å²) in [6, 6.07) is 7.55. The van der Waals surface area contributed by atoms with Gasteiger partial charge in [-0.2, -0.15) is 0 Å². The maximum atomic E-state index is 10.7. The van der Waals surface area contributed by atoms with Gasteiger partial charge in [-0.05, 0) is 24.3 Å². The number of nitro benzene ring substituents is 1. The van der Waals surface area contributed by atoms with Gasteiger partial charge < -0.3 is 9.62 Å². The molecule has 0 saturated heterocycles. The highest BCUT2D eigenvalue weighted by Gasteiger charge is 2.14. The van der Waals surface area contributed by atoms with Gasteiger partial charge in [0.2, 0.25) is 0 Å². The molecule has 0 aliphatic rings. The van der Waals surface area contributed by atoms with Crippen molar-refractivity contribution in [1.29, 1.82) is 0 Å². The summed E-state index contributed by atoms with van der Waals surface area (Å²) >= 11 is 5.71. The maximum absolute atomic E-state index is 10.7. The Labute approximate surface area is 106 Å². The molecule has 6 nitrogen and oxygen atoms in total. The predicted molar refractivity (Wildman–Crippen MR) is 65.2 cm³/mol. The second-order valence-corrected chi connectivity index (χ2v) is 3.78. The SMILES string of the molecule is O=[N+]([O-])c1cc(-c2ccc(/C=N\O)o2)ccc1Cl. The van der Waals surface area contributed by atoms with E-state index in [1.807, 2.05) is 0 Å². The van der Waals surface area contributed by atoms with Gasteiger partial charge in [-0.25, -0.2) is 0 Å². The van der Waals surface area contributed by atoms with Gasteiger partial charge in [0.25, 0.3) is 5.69 Å². The summed E-state index contributed by atoms with van der Waals surface area (Å²) in [7, 11) is 0. The lowest BCUT2D eigenvalue weighted by Crippen LogP contribution is -1.89. The summed E-state index contributed by atoms with van der Waals surface area (Å²) in [6.07, 6.45) is 1.12. The van der Waals surface area contributed by atoms with Crippen molar-refractivity contribution in [2.45, 2.75) is 0 Å². The molecule has 18 heavy (non-hydrogen) atoms. The molecule has 0 aliphatic heterocycles. The first-order valence-electron chi connectivity index (χ1n) is 4.83. The Balaban J connectivity index is 2.44. The lowest BCUT2D eigenvalue weighted by molar-refractivity contribution is -0.384. The average molecular weight is 267 g/mol.